The molecular formula is C18H15ClF2N2O2. The van der Waals surface area contributed by atoms with E-state index in [2.05, 4.69) is 4.98 Å². The molecule has 25 heavy (non-hydrogen) atoms. The fourth-order valence-electron chi connectivity index (χ4n) is 2.78. The minimum absolute atomic E-state index is 0.107. The van der Waals surface area contributed by atoms with Crippen LogP contribution in [0.15, 0.2) is 47.5 Å². The van der Waals surface area contributed by atoms with Gasteiger partial charge in [0.15, 0.2) is 0 Å². The highest BCUT2D eigenvalue weighted by Crippen LogP contribution is 2.34. The number of halogens is 3. The van der Waals surface area contributed by atoms with E-state index >= 15 is 0 Å². The Morgan fingerprint density at radius 2 is 1.96 bits per heavy atom. The summed E-state index contributed by atoms with van der Waals surface area (Å²) in [4.78, 5) is 16.9. The molecule has 0 aliphatic rings. The molecule has 2 atom stereocenters. The Kier molecular flexibility index (Phi) is 4.34. The van der Waals surface area contributed by atoms with Gasteiger partial charge in [-0.3, -0.25) is 9.36 Å². The van der Waals surface area contributed by atoms with Crippen molar-refractivity contribution in [2.24, 2.45) is 0 Å². The predicted molar refractivity (Wildman–Crippen MR) is 91.7 cm³/mol. The lowest BCUT2D eigenvalue weighted by Gasteiger charge is -2.32. The summed E-state index contributed by atoms with van der Waals surface area (Å²) in [5.41, 5.74) is -1.83. The maximum Gasteiger partial charge on any atom is 0.261 e. The van der Waals surface area contributed by atoms with Crippen LogP contribution in [-0.2, 0) is 5.60 Å². The molecule has 1 N–H and O–H groups in total. The molecule has 4 nitrogen and oxygen atoms in total. The van der Waals surface area contributed by atoms with Crippen LogP contribution < -0.4 is 5.56 Å². The molecule has 0 radical (unpaired) electrons. The second-order valence-corrected chi connectivity index (χ2v) is 6.50. The van der Waals surface area contributed by atoms with Gasteiger partial charge < -0.3 is 5.11 Å². The third-order valence-electron chi connectivity index (χ3n) is 4.45. The van der Waals surface area contributed by atoms with E-state index in [4.69, 9.17) is 11.6 Å². The first-order valence-corrected chi connectivity index (χ1v) is 7.94. The molecule has 0 amide bonds. The summed E-state index contributed by atoms with van der Waals surface area (Å²) in [6.45, 7) is 2.93. The maximum absolute atomic E-state index is 14.1. The number of fused-ring (bicyclic) bond motifs is 1. The van der Waals surface area contributed by atoms with Crippen LogP contribution in [0.25, 0.3) is 10.9 Å². The molecule has 0 saturated carbocycles. The van der Waals surface area contributed by atoms with Crippen LogP contribution in [0.3, 0.4) is 0 Å². The third kappa shape index (κ3) is 3.03. The number of hydrogen-bond donors (Lipinski definition) is 1. The highest BCUT2D eigenvalue weighted by atomic mass is 35.5. The van der Waals surface area contributed by atoms with Gasteiger partial charge in [-0.2, -0.15) is 0 Å². The van der Waals surface area contributed by atoms with Gasteiger partial charge in [0, 0.05) is 16.7 Å². The second kappa shape index (κ2) is 6.20. The van der Waals surface area contributed by atoms with E-state index < -0.39 is 28.8 Å². The molecule has 0 aliphatic heterocycles. The number of aromatic nitrogens is 2. The van der Waals surface area contributed by atoms with E-state index in [9.17, 15) is 18.7 Å². The van der Waals surface area contributed by atoms with Crippen molar-refractivity contribution in [2.45, 2.75) is 25.5 Å². The van der Waals surface area contributed by atoms with Gasteiger partial charge in [-0.15, -0.1) is 0 Å². The molecular weight excluding hydrogens is 350 g/mol. The van der Waals surface area contributed by atoms with Crippen molar-refractivity contribution in [1.82, 2.24) is 9.55 Å². The zero-order valence-electron chi connectivity index (χ0n) is 13.5. The number of aliphatic hydroxyl groups is 1. The average Bonchev–Trinajstić information content (AvgIpc) is 2.54. The summed E-state index contributed by atoms with van der Waals surface area (Å²) >= 11 is 5.90. The van der Waals surface area contributed by atoms with Gasteiger partial charge in [-0.25, -0.2) is 13.8 Å². The van der Waals surface area contributed by atoms with Crippen LogP contribution in [0.5, 0.6) is 0 Å². The molecule has 0 aliphatic carbocycles. The van der Waals surface area contributed by atoms with Crippen LogP contribution >= 0.6 is 11.6 Å². The highest BCUT2D eigenvalue weighted by molar-refractivity contribution is 6.31. The van der Waals surface area contributed by atoms with Crippen molar-refractivity contribution >= 4 is 22.5 Å². The quantitative estimate of drug-likeness (QED) is 0.769. The van der Waals surface area contributed by atoms with Crippen molar-refractivity contribution < 1.29 is 13.9 Å². The van der Waals surface area contributed by atoms with E-state index in [1.165, 1.54) is 23.9 Å². The van der Waals surface area contributed by atoms with Crippen LogP contribution in [0.2, 0.25) is 5.02 Å². The fourth-order valence-corrected chi connectivity index (χ4v) is 2.95. The molecule has 3 aromatic rings. The molecule has 0 bridgehead atoms. The molecule has 1 aromatic heterocycles. The lowest BCUT2D eigenvalue weighted by atomic mass is 9.88. The molecule has 130 valence electrons. The molecule has 0 fully saturated rings. The smallest absolute Gasteiger partial charge is 0.261 e. The maximum atomic E-state index is 14.1. The molecule has 3 rings (SSSR count). The van der Waals surface area contributed by atoms with Crippen molar-refractivity contribution in [2.75, 3.05) is 0 Å². The van der Waals surface area contributed by atoms with E-state index in [1.807, 2.05) is 0 Å². The first-order valence-electron chi connectivity index (χ1n) is 7.56. The van der Waals surface area contributed by atoms with Gasteiger partial charge in [0.1, 0.15) is 17.2 Å². The summed E-state index contributed by atoms with van der Waals surface area (Å²) < 4.78 is 28.5. The van der Waals surface area contributed by atoms with Crippen molar-refractivity contribution in [3.8, 4) is 0 Å². The largest absolute Gasteiger partial charge is 0.383 e. The first kappa shape index (κ1) is 17.5. The van der Waals surface area contributed by atoms with Gasteiger partial charge >= 0.3 is 0 Å². The molecule has 2 aromatic carbocycles. The minimum Gasteiger partial charge on any atom is -0.383 e. The Morgan fingerprint density at radius 1 is 1.24 bits per heavy atom. The molecule has 0 unspecified atom stereocenters. The summed E-state index contributed by atoms with van der Waals surface area (Å²) in [5.74, 6) is -1.63. The summed E-state index contributed by atoms with van der Waals surface area (Å²) in [6, 6.07) is 6.74. The Bertz CT molecular complexity index is 1020. The average molecular weight is 365 g/mol. The van der Waals surface area contributed by atoms with Crippen LogP contribution in [-0.4, -0.2) is 14.7 Å². The van der Waals surface area contributed by atoms with Crippen LogP contribution in [0, 0.1) is 11.6 Å². The first-order chi connectivity index (χ1) is 11.7. The summed E-state index contributed by atoms with van der Waals surface area (Å²) in [6.07, 6.45) is 1.28. The van der Waals surface area contributed by atoms with E-state index in [0.29, 0.717) is 22.0 Å². The summed E-state index contributed by atoms with van der Waals surface area (Å²) in [7, 11) is 0. The summed E-state index contributed by atoms with van der Waals surface area (Å²) in [5, 5.41) is 11.6. The predicted octanol–water partition coefficient (Wildman–Crippen LogP) is 3.80. The van der Waals surface area contributed by atoms with Crippen molar-refractivity contribution in [3.05, 3.63) is 75.3 Å². The van der Waals surface area contributed by atoms with Gasteiger partial charge in [-0.05, 0) is 38.1 Å². The number of hydrogen-bond acceptors (Lipinski definition) is 3. The lowest BCUT2D eigenvalue weighted by molar-refractivity contribution is 0.00272. The standard InChI is InChI=1S/C18H15ClF2N2O2/c1-10(18(2,25)14-6-4-12(20)8-15(14)21)23-9-22-16-7-11(19)3-5-13(16)17(23)24/h3-10,25H,1-2H3/t10-,18-/m1/s1. The topological polar surface area (TPSA) is 55.1 Å². The normalized spacial score (nSPS) is 15.1. The van der Waals surface area contributed by atoms with E-state index in [-0.39, 0.29) is 5.56 Å². The zero-order valence-corrected chi connectivity index (χ0v) is 14.3. The van der Waals surface area contributed by atoms with E-state index in [0.717, 1.165) is 6.07 Å². The van der Waals surface area contributed by atoms with Gasteiger partial charge in [-0.1, -0.05) is 17.7 Å². The Balaban J connectivity index is 2.12. The van der Waals surface area contributed by atoms with Crippen LogP contribution in [0.1, 0.15) is 25.5 Å². The van der Waals surface area contributed by atoms with Gasteiger partial charge in [0.2, 0.25) is 0 Å². The van der Waals surface area contributed by atoms with E-state index in [1.54, 1.807) is 25.1 Å². The number of rotatable bonds is 3. The SMILES string of the molecule is C[C@@H](n1cnc2cc(Cl)ccc2c1=O)[C@@](C)(O)c1ccc(F)cc1F. The minimum atomic E-state index is -1.76. The fraction of sp³-hybridized carbons (Fsp3) is 0.222. The third-order valence-corrected chi connectivity index (χ3v) is 4.69. The van der Waals surface area contributed by atoms with Crippen molar-refractivity contribution in [3.63, 3.8) is 0 Å². The number of nitrogens with zero attached hydrogens (tertiary/aromatic N) is 2. The molecule has 7 heteroatoms. The van der Waals surface area contributed by atoms with Gasteiger partial charge in [0.25, 0.3) is 5.56 Å². The Morgan fingerprint density at radius 3 is 2.64 bits per heavy atom. The molecule has 0 saturated heterocycles. The molecule has 0 spiro atoms. The van der Waals surface area contributed by atoms with Crippen molar-refractivity contribution in [1.29, 1.82) is 0 Å². The monoisotopic (exact) mass is 364 g/mol. The lowest BCUT2D eigenvalue weighted by Crippen LogP contribution is -2.38. The van der Waals surface area contributed by atoms with Crippen LogP contribution in [0.4, 0.5) is 8.78 Å². The molecule has 1 heterocycles. The number of benzene rings is 2. The Hall–Kier alpha value is -2.31. The highest BCUT2D eigenvalue weighted by Gasteiger charge is 2.35. The second-order valence-electron chi connectivity index (χ2n) is 6.07. The Labute approximate surface area is 147 Å². The zero-order chi connectivity index (χ0) is 18.4. The van der Waals surface area contributed by atoms with Gasteiger partial charge in [0.05, 0.1) is 23.3 Å².